The van der Waals surface area contributed by atoms with Gasteiger partial charge in [0.05, 0.1) is 11.8 Å². The monoisotopic (exact) mass is 318 g/mol. The number of rotatable bonds is 5. The molecule has 1 fully saturated rings. The number of carbonyl (C=O) groups excluding carboxylic acids is 2. The molecule has 1 saturated heterocycles. The Bertz CT molecular complexity index is 535. The van der Waals surface area contributed by atoms with Crippen molar-refractivity contribution in [2.75, 3.05) is 18.4 Å². The molecule has 126 valence electrons. The van der Waals surface area contributed by atoms with Crippen LogP contribution in [0, 0.1) is 0 Å². The fraction of sp³-hybridized carbons (Fsp3) is 0.556. The summed E-state index contributed by atoms with van der Waals surface area (Å²) in [5.74, 6) is 0.240. The Morgan fingerprint density at radius 3 is 2.43 bits per heavy atom. The molecule has 1 aliphatic heterocycles. The highest BCUT2D eigenvalue weighted by Crippen LogP contribution is 2.25. The van der Waals surface area contributed by atoms with E-state index >= 15 is 0 Å². The van der Waals surface area contributed by atoms with Gasteiger partial charge < -0.3 is 15.0 Å². The van der Waals surface area contributed by atoms with E-state index in [4.69, 9.17) is 4.74 Å². The molecule has 0 spiro atoms. The van der Waals surface area contributed by atoms with Crippen molar-refractivity contribution in [1.82, 2.24) is 4.90 Å². The van der Waals surface area contributed by atoms with Crippen LogP contribution in [0.15, 0.2) is 24.3 Å². The Balaban J connectivity index is 1.92. The van der Waals surface area contributed by atoms with E-state index in [9.17, 15) is 9.59 Å². The van der Waals surface area contributed by atoms with Gasteiger partial charge in [-0.2, -0.15) is 0 Å². The predicted octanol–water partition coefficient (Wildman–Crippen LogP) is 3.21. The number of ether oxygens (including phenoxy) is 1. The van der Waals surface area contributed by atoms with Crippen LogP contribution in [0.5, 0.6) is 5.75 Å². The molecule has 23 heavy (non-hydrogen) atoms. The fourth-order valence-corrected chi connectivity index (χ4v) is 2.69. The molecule has 1 aliphatic rings. The minimum absolute atomic E-state index is 0.0202. The molecule has 0 unspecified atom stereocenters. The summed E-state index contributed by atoms with van der Waals surface area (Å²) in [4.78, 5) is 26.2. The molecule has 5 heteroatoms. The van der Waals surface area contributed by atoms with Crippen LogP contribution in [0.3, 0.4) is 0 Å². The second-order valence-corrected chi connectivity index (χ2v) is 6.18. The standard InChI is InChI=1S/C18H26N2O3/c1-14(2)23-16-10-6-5-9-15(16)19-17(21)13-18(22)20-11-7-3-4-8-12-20/h5-6,9-10,14H,3-4,7-8,11-13H2,1-2H3,(H,19,21). The van der Waals surface area contributed by atoms with Crippen LogP contribution in [0.4, 0.5) is 5.69 Å². The number of amides is 2. The zero-order valence-corrected chi connectivity index (χ0v) is 14.0. The lowest BCUT2D eigenvalue weighted by atomic mass is 10.2. The molecule has 0 radical (unpaired) electrons. The molecular weight excluding hydrogens is 292 g/mol. The van der Waals surface area contributed by atoms with E-state index in [-0.39, 0.29) is 24.3 Å². The van der Waals surface area contributed by atoms with E-state index in [2.05, 4.69) is 5.32 Å². The lowest BCUT2D eigenvalue weighted by Crippen LogP contribution is -2.34. The molecule has 1 aromatic carbocycles. The molecule has 2 rings (SSSR count). The van der Waals surface area contributed by atoms with Crippen LogP contribution in [0.1, 0.15) is 46.0 Å². The molecule has 0 aromatic heterocycles. The summed E-state index contributed by atoms with van der Waals surface area (Å²) in [7, 11) is 0. The Morgan fingerprint density at radius 2 is 1.78 bits per heavy atom. The highest BCUT2D eigenvalue weighted by Gasteiger charge is 2.19. The lowest BCUT2D eigenvalue weighted by Gasteiger charge is -2.20. The number of nitrogens with one attached hydrogen (secondary N) is 1. The van der Waals surface area contributed by atoms with E-state index in [1.807, 2.05) is 36.9 Å². The third-order valence-corrected chi connectivity index (χ3v) is 3.79. The van der Waals surface area contributed by atoms with Crippen molar-refractivity contribution in [2.45, 2.75) is 52.1 Å². The summed E-state index contributed by atoms with van der Waals surface area (Å²) in [6.45, 7) is 5.39. The fourth-order valence-electron chi connectivity index (χ4n) is 2.69. The molecular formula is C18H26N2O3. The normalized spacial score (nSPS) is 15.2. The van der Waals surface area contributed by atoms with Gasteiger partial charge in [-0.25, -0.2) is 0 Å². The molecule has 0 bridgehead atoms. The van der Waals surface area contributed by atoms with E-state index in [1.165, 1.54) is 0 Å². The quantitative estimate of drug-likeness (QED) is 0.848. The molecule has 0 atom stereocenters. The second kappa shape index (κ2) is 8.56. The van der Waals surface area contributed by atoms with Crippen molar-refractivity contribution in [1.29, 1.82) is 0 Å². The van der Waals surface area contributed by atoms with Crippen molar-refractivity contribution in [3.8, 4) is 5.75 Å². The first-order chi connectivity index (χ1) is 11.1. The minimum atomic E-state index is -0.293. The first-order valence-corrected chi connectivity index (χ1v) is 8.39. The zero-order valence-electron chi connectivity index (χ0n) is 14.0. The number of likely N-dealkylation sites (tertiary alicyclic amines) is 1. The van der Waals surface area contributed by atoms with Gasteiger partial charge in [0.25, 0.3) is 0 Å². The van der Waals surface area contributed by atoms with Crippen molar-refractivity contribution < 1.29 is 14.3 Å². The van der Waals surface area contributed by atoms with E-state index in [0.29, 0.717) is 11.4 Å². The van der Waals surface area contributed by atoms with Gasteiger partial charge in [0.15, 0.2) is 0 Å². The van der Waals surface area contributed by atoms with Gasteiger partial charge in [-0.1, -0.05) is 25.0 Å². The average Bonchev–Trinajstić information content (AvgIpc) is 2.78. The lowest BCUT2D eigenvalue weighted by molar-refractivity contribution is -0.134. The number of para-hydroxylation sites is 2. The van der Waals surface area contributed by atoms with Crippen LogP contribution in [-0.4, -0.2) is 35.9 Å². The van der Waals surface area contributed by atoms with Crippen LogP contribution in [0.2, 0.25) is 0 Å². The number of carbonyl (C=O) groups is 2. The first-order valence-electron chi connectivity index (χ1n) is 8.39. The molecule has 5 nitrogen and oxygen atoms in total. The zero-order chi connectivity index (χ0) is 16.7. The minimum Gasteiger partial charge on any atom is -0.489 e. The average molecular weight is 318 g/mol. The predicted molar refractivity (Wildman–Crippen MR) is 90.5 cm³/mol. The molecule has 1 aromatic rings. The number of nitrogens with zero attached hydrogens (tertiary/aromatic N) is 1. The van der Waals surface area contributed by atoms with Gasteiger partial charge in [-0.3, -0.25) is 9.59 Å². The summed E-state index contributed by atoms with van der Waals surface area (Å²) in [5, 5.41) is 2.79. The summed E-state index contributed by atoms with van der Waals surface area (Å²) < 4.78 is 5.67. The smallest absolute Gasteiger partial charge is 0.233 e. The molecule has 1 N–H and O–H groups in total. The molecule has 2 amide bonds. The Morgan fingerprint density at radius 1 is 1.13 bits per heavy atom. The number of benzene rings is 1. The van der Waals surface area contributed by atoms with Crippen LogP contribution in [0.25, 0.3) is 0 Å². The van der Waals surface area contributed by atoms with Gasteiger partial charge in [-0.15, -0.1) is 0 Å². The maximum absolute atomic E-state index is 12.2. The van der Waals surface area contributed by atoms with Crippen LogP contribution < -0.4 is 10.1 Å². The Kier molecular flexibility index (Phi) is 6.44. The SMILES string of the molecule is CC(C)Oc1ccccc1NC(=O)CC(=O)N1CCCCCC1. The number of hydrogen-bond acceptors (Lipinski definition) is 3. The molecule has 0 saturated carbocycles. The van der Waals surface area contributed by atoms with Gasteiger partial charge in [0.2, 0.25) is 11.8 Å². The first kappa shape index (κ1) is 17.3. The van der Waals surface area contributed by atoms with Gasteiger partial charge in [0.1, 0.15) is 12.2 Å². The summed E-state index contributed by atoms with van der Waals surface area (Å²) in [6.07, 6.45) is 4.28. The van der Waals surface area contributed by atoms with Gasteiger partial charge in [-0.05, 0) is 38.8 Å². The topological polar surface area (TPSA) is 58.6 Å². The molecule has 1 heterocycles. The third kappa shape index (κ3) is 5.58. The maximum Gasteiger partial charge on any atom is 0.233 e. The number of hydrogen-bond donors (Lipinski definition) is 1. The van der Waals surface area contributed by atoms with E-state index < -0.39 is 0 Å². The van der Waals surface area contributed by atoms with Crippen LogP contribution >= 0.6 is 0 Å². The van der Waals surface area contributed by atoms with Crippen molar-refractivity contribution in [2.24, 2.45) is 0 Å². The van der Waals surface area contributed by atoms with E-state index in [1.54, 1.807) is 6.07 Å². The summed E-state index contributed by atoms with van der Waals surface area (Å²) in [6, 6.07) is 7.29. The van der Waals surface area contributed by atoms with E-state index in [0.717, 1.165) is 38.8 Å². The summed E-state index contributed by atoms with van der Waals surface area (Å²) >= 11 is 0. The highest BCUT2D eigenvalue weighted by atomic mass is 16.5. The maximum atomic E-state index is 12.2. The van der Waals surface area contributed by atoms with Gasteiger partial charge >= 0.3 is 0 Å². The van der Waals surface area contributed by atoms with Crippen LogP contribution in [-0.2, 0) is 9.59 Å². The summed E-state index contributed by atoms with van der Waals surface area (Å²) in [5.41, 5.74) is 0.606. The molecule has 0 aliphatic carbocycles. The largest absolute Gasteiger partial charge is 0.489 e. The highest BCUT2D eigenvalue weighted by molar-refractivity contribution is 6.04. The Labute approximate surface area is 138 Å². The van der Waals surface area contributed by atoms with Crippen molar-refractivity contribution >= 4 is 17.5 Å². The van der Waals surface area contributed by atoms with Gasteiger partial charge in [0, 0.05) is 13.1 Å². The second-order valence-electron chi connectivity index (χ2n) is 6.18. The Hall–Kier alpha value is -2.04. The van der Waals surface area contributed by atoms with Crippen molar-refractivity contribution in [3.05, 3.63) is 24.3 Å². The third-order valence-electron chi connectivity index (χ3n) is 3.79. The van der Waals surface area contributed by atoms with Crippen molar-refractivity contribution in [3.63, 3.8) is 0 Å². The number of anilines is 1.